The first-order valence-electron chi connectivity index (χ1n) is 2.48. The molecule has 5 heteroatoms. The highest BCUT2D eigenvalue weighted by molar-refractivity contribution is 7.91. The van der Waals surface area contributed by atoms with Crippen LogP contribution in [0.15, 0.2) is 0 Å². The fourth-order valence-corrected chi connectivity index (χ4v) is 0.620. The van der Waals surface area contributed by atoms with Gasteiger partial charge in [-0.1, -0.05) is 0 Å². The summed E-state index contributed by atoms with van der Waals surface area (Å²) in [4.78, 5) is 0. The van der Waals surface area contributed by atoms with Crippen molar-refractivity contribution in [3.05, 3.63) is 0 Å². The molecule has 0 bridgehead atoms. The van der Waals surface area contributed by atoms with Gasteiger partial charge in [-0.15, -0.1) is 25.3 Å². The zero-order chi connectivity index (χ0) is 7.28. The summed E-state index contributed by atoms with van der Waals surface area (Å²) in [6, 6.07) is 0. The Kier molecular flexibility index (Phi) is 6.35. The molecular formula is C4H10O2S3. The predicted molar refractivity (Wildman–Crippen MR) is 46.7 cm³/mol. The maximum Gasteiger partial charge on any atom is 0.160 e. The van der Waals surface area contributed by atoms with Gasteiger partial charge >= 0.3 is 0 Å². The first-order chi connectivity index (χ1) is 4.13. The summed E-state index contributed by atoms with van der Waals surface area (Å²) in [5, 5.41) is 0. The van der Waals surface area contributed by atoms with Gasteiger partial charge < -0.3 is 0 Å². The van der Waals surface area contributed by atoms with Gasteiger partial charge in [-0.3, -0.25) is 8.37 Å². The summed E-state index contributed by atoms with van der Waals surface area (Å²) < 4.78 is 9.72. The van der Waals surface area contributed by atoms with Gasteiger partial charge in [0.2, 0.25) is 0 Å². The number of rotatable bonds is 4. The van der Waals surface area contributed by atoms with Crippen LogP contribution in [0, 0.1) is 0 Å². The first kappa shape index (κ1) is 9.97. The summed E-state index contributed by atoms with van der Waals surface area (Å²) in [6.07, 6.45) is 0. The van der Waals surface area contributed by atoms with Crippen molar-refractivity contribution in [3.63, 3.8) is 0 Å². The van der Waals surface area contributed by atoms with Crippen molar-refractivity contribution in [3.8, 4) is 0 Å². The molecule has 9 heavy (non-hydrogen) atoms. The molecule has 0 aromatic heterocycles. The van der Waals surface area contributed by atoms with E-state index in [9.17, 15) is 0 Å². The van der Waals surface area contributed by atoms with Crippen molar-refractivity contribution in [1.29, 1.82) is 0 Å². The second-order valence-electron chi connectivity index (χ2n) is 1.46. The van der Waals surface area contributed by atoms with Crippen molar-refractivity contribution in [2.45, 2.75) is 24.7 Å². The number of hydrogen-bond acceptors (Lipinski definition) is 5. The molecule has 0 radical (unpaired) electrons. The molecule has 56 valence electrons. The minimum Gasteiger partial charge on any atom is -0.278 e. The lowest BCUT2D eigenvalue weighted by atomic mass is 10.9. The lowest BCUT2D eigenvalue weighted by Crippen LogP contribution is -1.96. The summed E-state index contributed by atoms with van der Waals surface area (Å²) in [5.74, 6) is 0. The van der Waals surface area contributed by atoms with Gasteiger partial charge in [0, 0.05) is 0 Å². The van der Waals surface area contributed by atoms with E-state index in [0.29, 0.717) is 0 Å². The van der Waals surface area contributed by atoms with E-state index < -0.39 is 0 Å². The van der Waals surface area contributed by atoms with Crippen LogP contribution in [0.2, 0.25) is 0 Å². The zero-order valence-corrected chi connectivity index (χ0v) is 7.88. The number of thiol groups is 2. The van der Waals surface area contributed by atoms with Crippen LogP contribution < -0.4 is 0 Å². The van der Waals surface area contributed by atoms with Gasteiger partial charge in [0.15, 0.2) is 12.3 Å². The van der Waals surface area contributed by atoms with Crippen molar-refractivity contribution in [2.24, 2.45) is 0 Å². The smallest absolute Gasteiger partial charge is 0.160 e. The maximum absolute atomic E-state index is 4.86. The topological polar surface area (TPSA) is 18.5 Å². The molecule has 0 aliphatic rings. The van der Waals surface area contributed by atoms with Gasteiger partial charge in [-0.2, -0.15) is 0 Å². The van der Waals surface area contributed by atoms with Crippen molar-refractivity contribution < 1.29 is 8.37 Å². The maximum atomic E-state index is 4.86. The molecule has 0 spiro atoms. The Morgan fingerprint density at radius 1 is 1.11 bits per heavy atom. The third kappa shape index (κ3) is 8.97. The largest absolute Gasteiger partial charge is 0.278 e. The molecule has 0 fully saturated rings. The molecule has 0 rings (SSSR count). The van der Waals surface area contributed by atoms with Crippen LogP contribution >= 0.6 is 37.6 Å². The molecule has 2 nitrogen and oxygen atoms in total. The van der Waals surface area contributed by atoms with Crippen LogP contribution in [0.25, 0.3) is 0 Å². The predicted octanol–water partition coefficient (Wildman–Crippen LogP) is 2.13. The first-order valence-corrected chi connectivity index (χ1v) is 4.18. The molecule has 0 heterocycles. The third-order valence-corrected chi connectivity index (χ3v) is 1.59. The molecule has 0 aromatic carbocycles. The van der Waals surface area contributed by atoms with Crippen LogP contribution in [0.5, 0.6) is 0 Å². The van der Waals surface area contributed by atoms with E-state index in [1.54, 1.807) is 0 Å². The normalized spacial score (nSPS) is 17.3. The Labute approximate surface area is 70.9 Å². The van der Waals surface area contributed by atoms with E-state index >= 15 is 0 Å². The van der Waals surface area contributed by atoms with Crippen LogP contribution in [0.4, 0.5) is 0 Å². The quantitative estimate of drug-likeness (QED) is 0.398. The monoisotopic (exact) mass is 186 g/mol. The molecule has 0 aliphatic heterocycles. The third-order valence-electron chi connectivity index (χ3n) is 0.357. The second kappa shape index (κ2) is 5.73. The lowest BCUT2D eigenvalue weighted by molar-refractivity contribution is 0.277. The Bertz CT molecular complexity index is 58.8. The van der Waals surface area contributed by atoms with Crippen molar-refractivity contribution in [1.82, 2.24) is 0 Å². The van der Waals surface area contributed by atoms with Crippen molar-refractivity contribution in [2.75, 3.05) is 0 Å². The Morgan fingerprint density at radius 2 is 1.44 bits per heavy atom. The van der Waals surface area contributed by atoms with Gasteiger partial charge in [0.1, 0.15) is 10.9 Å². The zero-order valence-electron chi connectivity index (χ0n) is 5.27. The molecule has 2 atom stereocenters. The average Bonchev–Trinajstić information content (AvgIpc) is 1.63. The Hall–Kier alpha value is 0.970. The standard InChI is InChI=1S/C4H10O2S3/c1-3(7)5-9-6-4(2)8/h3-4,7-8H,1-2H3. The van der Waals surface area contributed by atoms with E-state index in [0.717, 1.165) is 12.3 Å². The molecule has 0 N–H and O–H groups in total. The summed E-state index contributed by atoms with van der Waals surface area (Å²) in [6.45, 7) is 3.62. The van der Waals surface area contributed by atoms with Crippen molar-refractivity contribution >= 4 is 37.6 Å². The van der Waals surface area contributed by atoms with Gasteiger partial charge in [0.25, 0.3) is 0 Å². The minimum atomic E-state index is -0.109. The van der Waals surface area contributed by atoms with E-state index in [1.165, 1.54) is 0 Å². The molecule has 0 saturated carbocycles. The highest BCUT2D eigenvalue weighted by Gasteiger charge is 1.97. The average molecular weight is 186 g/mol. The molecule has 0 aromatic rings. The lowest BCUT2D eigenvalue weighted by Gasteiger charge is -2.05. The fraction of sp³-hybridized carbons (Fsp3) is 1.00. The van der Waals surface area contributed by atoms with E-state index in [1.807, 2.05) is 13.8 Å². The van der Waals surface area contributed by atoms with E-state index in [-0.39, 0.29) is 10.9 Å². The molecule has 2 unspecified atom stereocenters. The van der Waals surface area contributed by atoms with Gasteiger partial charge in [0.05, 0.1) is 0 Å². The second-order valence-corrected chi connectivity index (χ2v) is 3.43. The van der Waals surface area contributed by atoms with Crippen LogP contribution in [0.1, 0.15) is 13.8 Å². The van der Waals surface area contributed by atoms with Crippen LogP contribution in [-0.4, -0.2) is 10.9 Å². The SMILES string of the molecule is CC(S)OSOC(C)S. The molecule has 0 saturated heterocycles. The van der Waals surface area contributed by atoms with Gasteiger partial charge in [-0.25, -0.2) is 0 Å². The summed E-state index contributed by atoms with van der Waals surface area (Å²) in [7, 11) is 0. The summed E-state index contributed by atoms with van der Waals surface area (Å²) in [5.41, 5.74) is -0.218. The van der Waals surface area contributed by atoms with Gasteiger partial charge in [-0.05, 0) is 13.8 Å². The highest BCUT2D eigenvalue weighted by atomic mass is 32.2. The highest BCUT2D eigenvalue weighted by Crippen LogP contribution is 2.14. The van der Waals surface area contributed by atoms with Crippen LogP contribution in [-0.2, 0) is 8.37 Å². The molecular weight excluding hydrogens is 176 g/mol. The fourth-order valence-electron chi connectivity index (χ4n) is 0.136. The minimum absolute atomic E-state index is 0.109. The number of hydrogen-bond donors (Lipinski definition) is 2. The molecule has 0 aliphatic carbocycles. The van der Waals surface area contributed by atoms with E-state index in [2.05, 4.69) is 25.3 Å². The Morgan fingerprint density at radius 3 is 1.67 bits per heavy atom. The van der Waals surface area contributed by atoms with E-state index in [4.69, 9.17) is 8.37 Å². The van der Waals surface area contributed by atoms with Crippen LogP contribution in [0.3, 0.4) is 0 Å². The summed E-state index contributed by atoms with van der Waals surface area (Å²) >= 11 is 8.82. The Balaban J connectivity index is 2.91. The molecule has 0 amide bonds.